The molecule has 0 aliphatic carbocycles. The third-order valence-electron chi connectivity index (χ3n) is 4.68. The Labute approximate surface area is 198 Å². The fraction of sp³-hybridized carbons (Fsp3) is 0.143. The van der Waals surface area contributed by atoms with Crippen LogP contribution in [0.5, 0.6) is 11.5 Å². The smallest absolute Gasteiger partial charge is 0.119 e. The first-order valence-corrected chi connectivity index (χ1v) is 11.6. The summed E-state index contributed by atoms with van der Waals surface area (Å²) in [5, 5.41) is 9.78. The van der Waals surface area contributed by atoms with Gasteiger partial charge in [0, 0.05) is 5.33 Å². The van der Waals surface area contributed by atoms with Gasteiger partial charge in [0.05, 0.1) is 6.61 Å². The Kier molecular flexibility index (Phi) is 9.84. The number of aliphatic hydroxyl groups excluding tert-OH is 1. The zero-order valence-corrected chi connectivity index (χ0v) is 19.4. The largest absolute Gasteiger partial charge is 0.489 e. The van der Waals surface area contributed by atoms with E-state index < -0.39 is 0 Å². The molecule has 0 atom stereocenters. The molecule has 0 saturated carbocycles. The van der Waals surface area contributed by atoms with Gasteiger partial charge in [-0.15, -0.1) is 0 Å². The number of benzene rings is 4. The Balaban J connectivity index is 0.000000181. The summed E-state index contributed by atoms with van der Waals surface area (Å²) in [7, 11) is 0. The molecule has 0 bridgehead atoms. The zero-order valence-electron chi connectivity index (χ0n) is 17.9. The van der Waals surface area contributed by atoms with E-state index in [0.717, 1.165) is 28.0 Å². The summed E-state index contributed by atoms with van der Waals surface area (Å²) in [5.41, 5.74) is 4.49. The summed E-state index contributed by atoms with van der Waals surface area (Å²) < 4.78 is 11.3. The highest BCUT2D eigenvalue weighted by atomic mass is 79.9. The van der Waals surface area contributed by atoms with E-state index in [9.17, 15) is 0 Å². The van der Waals surface area contributed by atoms with Gasteiger partial charge in [-0.25, -0.2) is 0 Å². The summed E-state index contributed by atoms with van der Waals surface area (Å²) in [5.74, 6) is 1.73. The molecule has 0 radical (unpaired) electrons. The van der Waals surface area contributed by atoms with Gasteiger partial charge in [-0.3, -0.25) is 0 Å². The van der Waals surface area contributed by atoms with Crippen molar-refractivity contribution in [2.75, 3.05) is 0 Å². The lowest BCUT2D eigenvalue weighted by Crippen LogP contribution is -1.95. The first-order chi connectivity index (χ1) is 15.8. The van der Waals surface area contributed by atoms with Crippen LogP contribution >= 0.6 is 15.9 Å². The van der Waals surface area contributed by atoms with E-state index in [0.29, 0.717) is 13.2 Å². The van der Waals surface area contributed by atoms with E-state index in [1.54, 1.807) is 0 Å². The van der Waals surface area contributed by atoms with Gasteiger partial charge in [-0.1, -0.05) is 101 Å². The SMILES string of the molecule is BrCc1ccc(OCc2ccccc2)cc1.OCc1ccc(OCc2ccccc2)cc1. The van der Waals surface area contributed by atoms with Crippen molar-refractivity contribution in [1.29, 1.82) is 0 Å². The standard InChI is InChI=1S/C14H13BrO.C14H14O2/c2*15-10-12-6-8-14(9-7-12)16-11-13-4-2-1-3-5-13/h1-9H,10-11H2;1-9,15H,10-11H2. The Morgan fingerprint density at radius 3 is 1.28 bits per heavy atom. The highest BCUT2D eigenvalue weighted by Crippen LogP contribution is 2.16. The lowest BCUT2D eigenvalue weighted by atomic mass is 10.2. The minimum absolute atomic E-state index is 0.0684. The number of halogens is 1. The molecule has 4 heteroatoms. The molecule has 0 heterocycles. The van der Waals surface area contributed by atoms with Crippen molar-refractivity contribution in [1.82, 2.24) is 0 Å². The van der Waals surface area contributed by atoms with Crippen molar-refractivity contribution in [3.8, 4) is 11.5 Å². The third kappa shape index (κ3) is 8.22. The van der Waals surface area contributed by atoms with E-state index in [2.05, 4.69) is 40.2 Å². The van der Waals surface area contributed by atoms with Crippen LogP contribution in [0, 0.1) is 0 Å². The number of alkyl halides is 1. The number of hydrogen-bond acceptors (Lipinski definition) is 3. The average molecular weight is 491 g/mol. The molecule has 3 nitrogen and oxygen atoms in total. The predicted octanol–water partition coefficient (Wildman–Crippen LogP) is 6.92. The molecule has 4 aromatic carbocycles. The second-order valence-corrected chi connectivity index (χ2v) is 7.69. The minimum Gasteiger partial charge on any atom is -0.489 e. The van der Waals surface area contributed by atoms with Crippen LogP contribution in [0.3, 0.4) is 0 Å². The molecule has 1 N–H and O–H groups in total. The normalized spacial score (nSPS) is 10.1. The summed E-state index contributed by atoms with van der Waals surface area (Å²) in [6, 6.07) is 35.8. The summed E-state index contributed by atoms with van der Waals surface area (Å²) in [6.07, 6.45) is 0. The lowest BCUT2D eigenvalue weighted by molar-refractivity contribution is 0.280. The zero-order chi connectivity index (χ0) is 22.4. The first-order valence-electron chi connectivity index (χ1n) is 10.4. The summed E-state index contributed by atoms with van der Waals surface area (Å²) in [4.78, 5) is 0. The van der Waals surface area contributed by atoms with E-state index in [1.165, 1.54) is 11.1 Å². The third-order valence-corrected chi connectivity index (χ3v) is 5.33. The Hall–Kier alpha value is -3.08. The lowest BCUT2D eigenvalue weighted by Gasteiger charge is -2.06. The van der Waals surface area contributed by atoms with Crippen LogP contribution in [0.2, 0.25) is 0 Å². The van der Waals surface area contributed by atoms with Crippen molar-refractivity contribution >= 4 is 15.9 Å². The maximum atomic E-state index is 8.90. The van der Waals surface area contributed by atoms with Crippen LogP contribution in [0.15, 0.2) is 109 Å². The fourth-order valence-corrected chi connectivity index (χ4v) is 3.22. The van der Waals surface area contributed by atoms with Crippen molar-refractivity contribution in [2.24, 2.45) is 0 Å². The van der Waals surface area contributed by atoms with Crippen LogP contribution in [0.1, 0.15) is 22.3 Å². The maximum Gasteiger partial charge on any atom is 0.119 e. The van der Waals surface area contributed by atoms with Gasteiger partial charge >= 0.3 is 0 Å². The Bertz CT molecular complexity index is 931. The molecule has 32 heavy (non-hydrogen) atoms. The van der Waals surface area contributed by atoms with Crippen molar-refractivity contribution in [3.05, 3.63) is 131 Å². The average Bonchev–Trinajstić information content (AvgIpc) is 2.88. The topological polar surface area (TPSA) is 38.7 Å². The maximum absolute atomic E-state index is 8.90. The summed E-state index contributed by atoms with van der Waals surface area (Å²) >= 11 is 3.42. The van der Waals surface area contributed by atoms with Gasteiger partial charge in [0.2, 0.25) is 0 Å². The van der Waals surface area contributed by atoms with E-state index in [1.807, 2.05) is 84.9 Å². The van der Waals surface area contributed by atoms with E-state index >= 15 is 0 Å². The molecule has 0 fully saturated rings. The monoisotopic (exact) mass is 490 g/mol. The van der Waals surface area contributed by atoms with Gasteiger partial charge < -0.3 is 14.6 Å². The highest BCUT2D eigenvalue weighted by molar-refractivity contribution is 9.08. The van der Waals surface area contributed by atoms with Gasteiger partial charge in [-0.2, -0.15) is 0 Å². The van der Waals surface area contributed by atoms with Crippen molar-refractivity contribution < 1.29 is 14.6 Å². The molecule has 0 aliphatic heterocycles. The van der Waals surface area contributed by atoms with Gasteiger partial charge in [0.15, 0.2) is 0 Å². The van der Waals surface area contributed by atoms with Gasteiger partial charge in [0.1, 0.15) is 24.7 Å². The molecule has 0 spiro atoms. The molecular formula is C28H27BrO3. The summed E-state index contributed by atoms with van der Waals surface area (Å²) in [6.45, 7) is 1.26. The fourth-order valence-electron chi connectivity index (χ4n) is 2.85. The first kappa shape index (κ1) is 23.6. The predicted molar refractivity (Wildman–Crippen MR) is 133 cm³/mol. The quantitative estimate of drug-likeness (QED) is 0.272. The molecule has 0 unspecified atom stereocenters. The van der Waals surface area contributed by atoms with Crippen LogP contribution in [0.4, 0.5) is 0 Å². The van der Waals surface area contributed by atoms with Crippen LogP contribution in [-0.4, -0.2) is 5.11 Å². The molecule has 0 aromatic heterocycles. The van der Waals surface area contributed by atoms with Crippen LogP contribution < -0.4 is 9.47 Å². The number of rotatable bonds is 8. The Morgan fingerprint density at radius 2 is 0.906 bits per heavy atom. The molecule has 0 aliphatic rings. The molecule has 164 valence electrons. The molecule has 4 rings (SSSR count). The Morgan fingerprint density at radius 1 is 0.500 bits per heavy atom. The number of hydrogen-bond donors (Lipinski definition) is 1. The second kappa shape index (κ2) is 13.4. The number of ether oxygens (including phenoxy) is 2. The van der Waals surface area contributed by atoms with Gasteiger partial charge in [-0.05, 0) is 46.5 Å². The second-order valence-electron chi connectivity index (χ2n) is 7.13. The molecular weight excluding hydrogens is 464 g/mol. The van der Waals surface area contributed by atoms with Crippen LogP contribution in [0.25, 0.3) is 0 Å². The van der Waals surface area contributed by atoms with Crippen molar-refractivity contribution in [2.45, 2.75) is 25.2 Å². The van der Waals surface area contributed by atoms with Crippen LogP contribution in [-0.2, 0) is 25.2 Å². The van der Waals surface area contributed by atoms with E-state index in [-0.39, 0.29) is 6.61 Å². The number of aliphatic hydroxyl groups is 1. The van der Waals surface area contributed by atoms with Gasteiger partial charge in [0.25, 0.3) is 0 Å². The molecule has 0 saturated heterocycles. The molecule has 4 aromatic rings. The molecule has 0 amide bonds. The minimum atomic E-state index is 0.0684. The van der Waals surface area contributed by atoms with E-state index in [4.69, 9.17) is 14.6 Å². The highest BCUT2D eigenvalue weighted by Gasteiger charge is 1.97. The van der Waals surface area contributed by atoms with Crippen molar-refractivity contribution in [3.63, 3.8) is 0 Å².